The van der Waals surface area contributed by atoms with Gasteiger partial charge in [0.1, 0.15) is 17.8 Å². The Labute approximate surface area is 206 Å². The van der Waals surface area contributed by atoms with Crippen molar-refractivity contribution in [1.29, 1.82) is 0 Å². The van der Waals surface area contributed by atoms with Gasteiger partial charge in [-0.1, -0.05) is 6.42 Å². The highest BCUT2D eigenvalue weighted by molar-refractivity contribution is 5.86. The molecular weight excluding hydrogens is 450 g/mol. The van der Waals surface area contributed by atoms with Gasteiger partial charge in [0.2, 0.25) is 0 Å². The fraction of sp³-hybridized carbons (Fsp3) is 0.889. The summed E-state index contributed by atoms with van der Waals surface area (Å²) in [4.78, 5) is 41.5. The van der Waals surface area contributed by atoms with E-state index in [1.165, 1.54) is 25.7 Å². The normalized spacial score (nSPS) is 45.1. The summed E-state index contributed by atoms with van der Waals surface area (Å²) in [5.74, 6) is -0.148. The molecule has 35 heavy (non-hydrogen) atoms. The van der Waals surface area contributed by atoms with Crippen LogP contribution in [0.1, 0.15) is 57.8 Å². The van der Waals surface area contributed by atoms with E-state index in [0.29, 0.717) is 44.6 Å². The number of hydrogen-bond donors (Lipinski definition) is 0. The standard InChI is InChI=1S/C27H37NO7/c29-20(14-28-7-9-32-10-8-28)33-23-18-13-17-21(25(30)34-24(17)23)22(18)26(31)35-27(5-1-2-6-27)19-12-15-3-4-16(19)11-15/h15-19,21-24H,1-14H2. The maximum Gasteiger partial charge on any atom is 0.320 e. The van der Waals surface area contributed by atoms with E-state index in [-0.39, 0.29) is 41.9 Å². The van der Waals surface area contributed by atoms with Crippen molar-refractivity contribution >= 4 is 17.9 Å². The molecule has 5 saturated carbocycles. The lowest BCUT2D eigenvalue weighted by Crippen LogP contribution is -2.49. The van der Waals surface area contributed by atoms with Crippen molar-refractivity contribution in [3.05, 3.63) is 0 Å². The molecule has 192 valence electrons. The Morgan fingerprint density at radius 3 is 2.54 bits per heavy atom. The summed E-state index contributed by atoms with van der Waals surface area (Å²) in [6, 6.07) is 0. The number of rotatable bonds is 6. The molecule has 4 bridgehead atoms. The minimum Gasteiger partial charge on any atom is -0.459 e. The van der Waals surface area contributed by atoms with Gasteiger partial charge in [0.25, 0.3) is 0 Å². The Balaban J connectivity index is 1.08. The van der Waals surface area contributed by atoms with E-state index in [9.17, 15) is 14.4 Å². The van der Waals surface area contributed by atoms with Crippen molar-refractivity contribution in [2.24, 2.45) is 41.4 Å². The number of ether oxygens (including phenoxy) is 4. The van der Waals surface area contributed by atoms with Crippen molar-refractivity contribution in [3.8, 4) is 0 Å². The molecule has 9 unspecified atom stereocenters. The summed E-state index contributed by atoms with van der Waals surface area (Å²) in [7, 11) is 0. The molecule has 2 aliphatic heterocycles. The smallest absolute Gasteiger partial charge is 0.320 e. The predicted molar refractivity (Wildman–Crippen MR) is 122 cm³/mol. The van der Waals surface area contributed by atoms with Gasteiger partial charge >= 0.3 is 17.9 Å². The first-order valence-corrected chi connectivity index (χ1v) is 14.0. The maximum absolute atomic E-state index is 13.8. The predicted octanol–water partition coefficient (Wildman–Crippen LogP) is 2.33. The first-order chi connectivity index (χ1) is 17.0. The minimum absolute atomic E-state index is 0.0479. The lowest BCUT2D eigenvalue weighted by Gasteiger charge is -2.41. The Bertz CT molecular complexity index is 894. The molecule has 0 spiro atoms. The number of hydrogen-bond acceptors (Lipinski definition) is 8. The molecule has 2 heterocycles. The van der Waals surface area contributed by atoms with Crippen LogP contribution in [0.3, 0.4) is 0 Å². The number of carbonyl (C=O) groups excluding carboxylic acids is 3. The second-order valence-corrected chi connectivity index (χ2v) is 12.3. The van der Waals surface area contributed by atoms with Gasteiger partial charge in [-0.3, -0.25) is 19.3 Å². The Morgan fingerprint density at radius 2 is 1.83 bits per heavy atom. The zero-order valence-corrected chi connectivity index (χ0v) is 20.4. The average Bonchev–Trinajstić information content (AvgIpc) is 3.67. The number of esters is 3. The third-order valence-electron chi connectivity index (χ3n) is 10.7. The topological polar surface area (TPSA) is 91.4 Å². The van der Waals surface area contributed by atoms with E-state index < -0.39 is 24.0 Å². The van der Waals surface area contributed by atoms with Crippen molar-refractivity contribution < 1.29 is 33.3 Å². The van der Waals surface area contributed by atoms with Crippen LogP contribution in [0.5, 0.6) is 0 Å². The second-order valence-electron chi connectivity index (χ2n) is 12.3. The van der Waals surface area contributed by atoms with Crippen LogP contribution in [0.25, 0.3) is 0 Å². The largest absolute Gasteiger partial charge is 0.459 e. The van der Waals surface area contributed by atoms with Gasteiger partial charge in [-0.25, -0.2) is 0 Å². The molecule has 2 saturated heterocycles. The molecule has 7 aliphatic rings. The molecule has 0 aromatic carbocycles. The summed E-state index contributed by atoms with van der Waals surface area (Å²) >= 11 is 0. The zero-order valence-electron chi connectivity index (χ0n) is 20.4. The molecule has 9 atom stereocenters. The quantitative estimate of drug-likeness (QED) is 0.417. The molecule has 0 radical (unpaired) electrons. The number of fused-ring (bicyclic) bond motifs is 3. The number of carbonyl (C=O) groups is 3. The van der Waals surface area contributed by atoms with E-state index in [2.05, 4.69) is 0 Å². The van der Waals surface area contributed by atoms with Crippen LogP contribution in [0.2, 0.25) is 0 Å². The van der Waals surface area contributed by atoms with Crippen molar-refractivity contribution in [2.45, 2.75) is 75.6 Å². The third-order valence-corrected chi connectivity index (χ3v) is 10.7. The highest BCUT2D eigenvalue weighted by atomic mass is 16.6. The van der Waals surface area contributed by atoms with E-state index in [0.717, 1.165) is 31.6 Å². The Morgan fingerprint density at radius 1 is 1.03 bits per heavy atom. The Kier molecular flexibility index (Phi) is 5.43. The fourth-order valence-corrected chi connectivity index (χ4v) is 9.28. The highest BCUT2D eigenvalue weighted by Gasteiger charge is 2.70. The van der Waals surface area contributed by atoms with Crippen LogP contribution in [-0.2, 0) is 33.3 Å². The summed E-state index contributed by atoms with van der Waals surface area (Å²) in [6.07, 6.45) is 8.90. The zero-order chi connectivity index (χ0) is 23.7. The molecule has 8 heteroatoms. The molecule has 0 aromatic rings. The number of morpholine rings is 1. The van der Waals surface area contributed by atoms with E-state index in [1.807, 2.05) is 4.90 Å². The lowest BCUT2D eigenvalue weighted by molar-refractivity contribution is -0.182. The average molecular weight is 488 g/mol. The second kappa shape index (κ2) is 8.44. The van der Waals surface area contributed by atoms with Gasteiger partial charge in [0, 0.05) is 30.8 Å². The molecular formula is C27H37NO7. The van der Waals surface area contributed by atoms with E-state index >= 15 is 0 Å². The van der Waals surface area contributed by atoms with Gasteiger partial charge < -0.3 is 18.9 Å². The summed E-state index contributed by atoms with van der Waals surface area (Å²) in [6.45, 7) is 2.83. The van der Waals surface area contributed by atoms with Crippen LogP contribution in [0.4, 0.5) is 0 Å². The monoisotopic (exact) mass is 487 g/mol. The maximum atomic E-state index is 13.8. The van der Waals surface area contributed by atoms with Crippen LogP contribution in [0, 0.1) is 41.4 Å². The minimum atomic E-state index is -0.552. The van der Waals surface area contributed by atoms with Crippen LogP contribution >= 0.6 is 0 Å². The Hall–Kier alpha value is -1.67. The SMILES string of the molecule is O=C(CN1CCOCC1)OC1C2CC3C1OC(=O)C3C2C(=O)OC1(C2CC3CCC2C3)CCCC1. The molecule has 0 aromatic heterocycles. The molecule has 8 nitrogen and oxygen atoms in total. The van der Waals surface area contributed by atoms with Crippen molar-refractivity contribution in [2.75, 3.05) is 32.8 Å². The van der Waals surface area contributed by atoms with Gasteiger partial charge in [0.15, 0.2) is 0 Å². The first kappa shape index (κ1) is 22.5. The molecule has 7 fully saturated rings. The molecule has 5 aliphatic carbocycles. The van der Waals surface area contributed by atoms with Gasteiger partial charge in [-0.05, 0) is 63.2 Å². The van der Waals surface area contributed by atoms with Gasteiger partial charge in [-0.15, -0.1) is 0 Å². The van der Waals surface area contributed by atoms with Gasteiger partial charge in [0.05, 0.1) is 31.6 Å². The molecule has 7 rings (SSSR count). The summed E-state index contributed by atoms with van der Waals surface area (Å²) in [5.41, 5.74) is -0.358. The molecule has 0 N–H and O–H groups in total. The number of nitrogens with zero attached hydrogens (tertiary/aromatic N) is 1. The summed E-state index contributed by atoms with van der Waals surface area (Å²) in [5, 5.41) is 0. The van der Waals surface area contributed by atoms with Crippen molar-refractivity contribution in [1.82, 2.24) is 4.90 Å². The van der Waals surface area contributed by atoms with Gasteiger partial charge in [-0.2, -0.15) is 0 Å². The highest BCUT2D eigenvalue weighted by Crippen LogP contribution is 2.61. The lowest BCUT2D eigenvalue weighted by atomic mass is 9.74. The fourth-order valence-electron chi connectivity index (χ4n) is 9.28. The van der Waals surface area contributed by atoms with Crippen LogP contribution in [0.15, 0.2) is 0 Å². The van der Waals surface area contributed by atoms with Crippen LogP contribution in [-0.4, -0.2) is 73.5 Å². The third kappa shape index (κ3) is 3.57. The summed E-state index contributed by atoms with van der Waals surface area (Å²) < 4.78 is 23.5. The van der Waals surface area contributed by atoms with E-state index in [1.54, 1.807) is 0 Å². The molecule has 0 amide bonds. The van der Waals surface area contributed by atoms with Crippen molar-refractivity contribution in [3.63, 3.8) is 0 Å². The van der Waals surface area contributed by atoms with Crippen LogP contribution < -0.4 is 0 Å². The van der Waals surface area contributed by atoms with E-state index in [4.69, 9.17) is 18.9 Å². The first-order valence-electron chi connectivity index (χ1n) is 14.0.